The third-order valence-electron chi connectivity index (χ3n) is 5.62. The first kappa shape index (κ1) is 25.8. The van der Waals surface area contributed by atoms with Gasteiger partial charge < -0.3 is 18.9 Å². The highest BCUT2D eigenvalue weighted by atomic mass is 127. The number of likely N-dealkylation sites (tertiary alicyclic amines) is 1. The molecule has 6 nitrogen and oxygen atoms in total. The number of pyridine rings is 1. The van der Waals surface area contributed by atoms with Crippen LogP contribution < -0.4 is 0 Å². The Bertz CT molecular complexity index is 960. The molecular formula is C23H35ClIN3O3Si. The van der Waals surface area contributed by atoms with Crippen molar-refractivity contribution in [1.29, 1.82) is 0 Å². The summed E-state index contributed by atoms with van der Waals surface area (Å²) in [5.41, 5.74) is 1.61. The first-order chi connectivity index (χ1) is 14.9. The Morgan fingerprint density at radius 1 is 1.28 bits per heavy atom. The van der Waals surface area contributed by atoms with Crippen LogP contribution in [0.25, 0.3) is 11.0 Å². The molecule has 0 saturated carbocycles. The minimum absolute atomic E-state index is 0.231. The second-order valence-corrected chi connectivity index (χ2v) is 17.8. The second kappa shape index (κ2) is 10.2. The van der Waals surface area contributed by atoms with E-state index >= 15 is 0 Å². The number of nitrogens with zero attached hydrogens (tertiary/aromatic N) is 3. The van der Waals surface area contributed by atoms with Gasteiger partial charge in [-0.25, -0.2) is 9.78 Å². The highest BCUT2D eigenvalue weighted by molar-refractivity contribution is 14.1. The highest BCUT2D eigenvalue weighted by Gasteiger charge is 2.31. The molecule has 2 aromatic rings. The third-order valence-corrected chi connectivity index (χ3v) is 8.73. The molecule has 0 unspecified atom stereocenters. The first-order valence-corrected chi connectivity index (χ1v) is 16.4. The smallest absolute Gasteiger partial charge is 0.410 e. The maximum atomic E-state index is 12.5. The van der Waals surface area contributed by atoms with Crippen LogP contribution in [0.15, 0.2) is 12.3 Å². The van der Waals surface area contributed by atoms with E-state index in [1.807, 2.05) is 31.7 Å². The van der Waals surface area contributed by atoms with E-state index in [4.69, 9.17) is 21.1 Å². The molecule has 0 atom stereocenters. The Hall–Kier alpha value is -0.843. The van der Waals surface area contributed by atoms with Crippen LogP contribution in [-0.4, -0.2) is 53.9 Å². The summed E-state index contributed by atoms with van der Waals surface area (Å²) in [7, 11) is -1.16. The summed E-state index contributed by atoms with van der Waals surface area (Å²) in [5, 5.41) is 1.71. The van der Waals surface area contributed by atoms with Gasteiger partial charge in [-0.05, 0) is 68.3 Å². The summed E-state index contributed by atoms with van der Waals surface area (Å²) in [6.07, 6.45) is 3.27. The van der Waals surface area contributed by atoms with Crippen molar-refractivity contribution >= 4 is 59.4 Å². The number of carbonyl (C=O) groups excluding carboxylic acids is 1. The molecule has 1 aliphatic heterocycles. The Morgan fingerprint density at radius 3 is 2.53 bits per heavy atom. The average molecular weight is 592 g/mol. The largest absolute Gasteiger partial charge is 0.444 e. The molecule has 3 rings (SSSR count). The monoisotopic (exact) mass is 591 g/mol. The van der Waals surface area contributed by atoms with Gasteiger partial charge in [0, 0.05) is 49.1 Å². The van der Waals surface area contributed by atoms with Crippen LogP contribution in [0, 0.1) is 3.57 Å². The van der Waals surface area contributed by atoms with E-state index in [1.165, 1.54) is 5.69 Å². The van der Waals surface area contributed by atoms with Gasteiger partial charge in [0.2, 0.25) is 0 Å². The van der Waals surface area contributed by atoms with Crippen molar-refractivity contribution in [3.8, 4) is 0 Å². The summed E-state index contributed by atoms with van der Waals surface area (Å²) >= 11 is 8.97. The Morgan fingerprint density at radius 2 is 1.94 bits per heavy atom. The molecule has 2 aromatic heterocycles. The molecule has 0 radical (unpaired) electrons. The minimum Gasteiger partial charge on any atom is -0.444 e. The van der Waals surface area contributed by atoms with Crippen molar-refractivity contribution in [2.24, 2.45) is 0 Å². The van der Waals surface area contributed by atoms with E-state index in [1.54, 1.807) is 6.20 Å². The predicted octanol–water partition coefficient (Wildman–Crippen LogP) is 6.72. The molecule has 1 fully saturated rings. The second-order valence-electron chi connectivity index (χ2n) is 10.7. The van der Waals surface area contributed by atoms with Crippen LogP contribution >= 0.6 is 34.2 Å². The van der Waals surface area contributed by atoms with E-state index in [9.17, 15) is 4.79 Å². The number of hydrogen-bond acceptors (Lipinski definition) is 4. The number of piperidine rings is 1. The summed E-state index contributed by atoms with van der Waals surface area (Å²) < 4.78 is 15.0. The summed E-state index contributed by atoms with van der Waals surface area (Å²) in [6, 6.07) is 2.97. The lowest BCUT2D eigenvalue weighted by atomic mass is 9.93. The summed E-state index contributed by atoms with van der Waals surface area (Å²) in [5.74, 6) is 0.312. The molecule has 3 heterocycles. The quantitative estimate of drug-likeness (QED) is 0.213. The lowest BCUT2D eigenvalue weighted by molar-refractivity contribution is 0.0200. The number of ether oxygens (including phenoxy) is 2. The van der Waals surface area contributed by atoms with Gasteiger partial charge in [0.1, 0.15) is 18.0 Å². The molecule has 178 valence electrons. The maximum absolute atomic E-state index is 12.5. The van der Waals surface area contributed by atoms with Gasteiger partial charge in [-0.2, -0.15) is 0 Å². The molecule has 9 heteroatoms. The average Bonchev–Trinajstić information content (AvgIpc) is 2.96. The molecule has 1 saturated heterocycles. The van der Waals surface area contributed by atoms with Gasteiger partial charge in [0.15, 0.2) is 0 Å². The summed E-state index contributed by atoms with van der Waals surface area (Å²) in [4.78, 5) is 18.9. The molecule has 1 amide bonds. The van der Waals surface area contributed by atoms with Gasteiger partial charge in [0.05, 0.1) is 10.4 Å². The fraction of sp³-hybridized carbons (Fsp3) is 0.652. The van der Waals surface area contributed by atoms with E-state index in [-0.39, 0.29) is 6.09 Å². The van der Waals surface area contributed by atoms with E-state index in [0.29, 0.717) is 30.8 Å². The van der Waals surface area contributed by atoms with Crippen LogP contribution in [-0.2, 0) is 16.2 Å². The van der Waals surface area contributed by atoms with Gasteiger partial charge >= 0.3 is 6.09 Å². The molecule has 0 aromatic carbocycles. The van der Waals surface area contributed by atoms with Crippen molar-refractivity contribution in [1.82, 2.24) is 14.5 Å². The van der Waals surface area contributed by atoms with Crippen molar-refractivity contribution < 1.29 is 14.3 Å². The van der Waals surface area contributed by atoms with Crippen LogP contribution in [0.3, 0.4) is 0 Å². The zero-order valence-corrected chi connectivity index (χ0v) is 23.9. The highest BCUT2D eigenvalue weighted by Crippen LogP contribution is 2.39. The normalized spacial score (nSPS) is 16.1. The number of rotatable bonds is 6. The lowest BCUT2D eigenvalue weighted by Crippen LogP contribution is -2.41. The van der Waals surface area contributed by atoms with Gasteiger partial charge in [-0.3, -0.25) is 0 Å². The lowest BCUT2D eigenvalue weighted by Gasteiger charge is -2.34. The van der Waals surface area contributed by atoms with Gasteiger partial charge in [0.25, 0.3) is 0 Å². The zero-order valence-electron chi connectivity index (χ0n) is 20.0. The molecule has 0 bridgehead atoms. The fourth-order valence-corrected chi connectivity index (χ4v) is 6.34. The standard InChI is InChI=1S/C23H35ClIN3O3Si/c1-23(2,3)31-22(29)27-11-8-16(9-12-27)20-19(25)18-17(24)7-10-26-21(18)28(20)15-30-13-14-32(4,5)6/h7,10,16H,8-9,11-15H2,1-6H3. The van der Waals surface area contributed by atoms with Gasteiger partial charge in [-0.1, -0.05) is 31.2 Å². The Kier molecular flexibility index (Phi) is 8.21. The number of aromatic nitrogens is 2. The van der Waals surface area contributed by atoms with Crippen molar-refractivity contribution in [2.45, 2.75) is 77.5 Å². The molecular weight excluding hydrogens is 557 g/mol. The van der Waals surface area contributed by atoms with E-state index in [2.05, 4.69) is 51.8 Å². The number of carbonyl (C=O) groups is 1. The predicted molar refractivity (Wildman–Crippen MR) is 141 cm³/mol. The van der Waals surface area contributed by atoms with Crippen molar-refractivity contribution in [3.63, 3.8) is 0 Å². The number of hydrogen-bond donors (Lipinski definition) is 0. The molecule has 1 aliphatic rings. The Balaban J connectivity index is 1.81. The maximum Gasteiger partial charge on any atom is 0.410 e. The Labute approximate surface area is 211 Å². The molecule has 0 spiro atoms. The van der Waals surface area contributed by atoms with Crippen LogP contribution in [0.5, 0.6) is 0 Å². The molecule has 0 aliphatic carbocycles. The van der Waals surface area contributed by atoms with E-state index < -0.39 is 13.7 Å². The van der Waals surface area contributed by atoms with Crippen molar-refractivity contribution in [2.75, 3.05) is 19.7 Å². The zero-order chi connectivity index (χ0) is 23.7. The van der Waals surface area contributed by atoms with Crippen LogP contribution in [0.2, 0.25) is 30.7 Å². The SMILES string of the molecule is CC(C)(C)OC(=O)N1CCC(c2c(I)c3c(Cl)ccnc3n2COCC[Si](C)(C)C)CC1. The number of halogens is 2. The minimum atomic E-state index is -1.16. The third kappa shape index (κ3) is 6.39. The van der Waals surface area contributed by atoms with Crippen LogP contribution in [0.4, 0.5) is 4.79 Å². The number of fused-ring (bicyclic) bond motifs is 1. The van der Waals surface area contributed by atoms with E-state index in [0.717, 1.165) is 40.1 Å². The number of amides is 1. The van der Waals surface area contributed by atoms with Crippen molar-refractivity contribution in [3.05, 3.63) is 26.5 Å². The topological polar surface area (TPSA) is 56.6 Å². The fourth-order valence-electron chi connectivity index (χ4n) is 3.92. The molecule has 0 N–H and O–H groups in total. The first-order valence-electron chi connectivity index (χ1n) is 11.2. The molecule has 32 heavy (non-hydrogen) atoms. The van der Waals surface area contributed by atoms with Crippen LogP contribution in [0.1, 0.15) is 45.2 Å². The van der Waals surface area contributed by atoms with Gasteiger partial charge in [-0.15, -0.1) is 0 Å². The summed E-state index contributed by atoms with van der Waals surface area (Å²) in [6.45, 7) is 15.3.